The molecule has 16 aromatic carbocycles. The average molecular weight is 1840 g/mol. The van der Waals surface area contributed by atoms with E-state index in [0.717, 1.165) is 0 Å². The standard InChI is InChI=1S/2C35H32N.2C34H30N/c1-22(2)32-20-33(36(5)21-24(32)4)34-23(3)18-19-31-29-16-9-8-14-27(29)25-12-6-7-13-26(25)28-15-10-11-17-30(28)35(31)34;1-22(2)32-21-36(5)33(20-24(32)4)34-23(3)18-19-31-29-16-9-8-14-27(29)25-12-6-7-13-26(25)28-15-10-11-17-30(28)35(31)34;1-22(2)24-18-20-32(35(4)21-24)33-23(3)17-19-31-29-15-8-7-13-27(29)25-11-5-6-12-26(25)28-14-9-10-16-30(28)34(31)33;1-22(2)24-19-20-35(4)32(21-24)33-23(3)17-18-31-29-15-8-7-13-27(29)25-11-5-6-12-26(25)28-14-9-10-16-30(28)34(31)33/h2*6-22H,1-5H3;2*5-22H,1-4H3/q4*+1. The Bertz CT molecular complexity index is 8380. The van der Waals surface area contributed by atoms with E-state index in [1.807, 2.05) is 0 Å². The van der Waals surface area contributed by atoms with E-state index in [-0.39, 0.29) is 0 Å². The molecule has 0 spiro atoms. The van der Waals surface area contributed by atoms with Crippen molar-refractivity contribution in [3.63, 3.8) is 0 Å². The van der Waals surface area contributed by atoms with Gasteiger partial charge in [0.1, 0.15) is 28.2 Å². The Kier molecular flexibility index (Phi) is 25.0. The molecule has 4 aromatic heterocycles. The Morgan fingerprint density at radius 1 is 0.148 bits per heavy atom. The highest BCUT2D eigenvalue weighted by Crippen LogP contribution is 2.58. The molecule has 0 aliphatic heterocycles. The first-order chi connectivity index (χ1) is 69.0. The van der Waals surface area contributed by atoms with E-state index < -0.39 is 0 Å². The quantitative estimate of drug-likeness (QED) is 0.135. The second kappa shape index (κ2) is 38.4. The first kappa shape index (κ1) is 92.5. The first-order valence-corrected chi connectivity index (χ1v) is 50.7. The fourth-order valence-electron chi connectivity index (χ4n) is 23.2. The van der Waals surface area contributed by atoms with E-state index in [9.17, 15) is 0 Å². The number of rotatable bonds is 8. The second-order valence-corrected chi connectivity index (χ2v) is 40.6. The normalized spacial score (nSPS) is 11.7. The number of fused-ring (bicyclic) bond motifs is 32. The predicted molar refractivity (Wildman–Crippen MR) is 598 cm³/mol. The maximum Gasteiger partial charge on any atom is 0.213 e. The maximum absolute atomic E-state index is 2.42. The molecule has 24 rings (SSSR count). The Balaban J connectivity index is 0.000000112. The number of hydrogen-bond donors (Lipinski definition) is 0. The number of aryl methyl sites for hydroxylation is 10. The lowest BCUT2D eigenvalue weighted by Crippen LogP contribution is -2.32. The Hall–Kier alpha value is -15.9. The fraction of sp³-hybridized carbons (Fsp3) is 0.159. The Morgan fingerprint density at radius 3 is 0.634 bits per heavy atom. The monoisotopic (exact) mass is 1840 g/mol. The Labute approximate surface area is 840 Å². The number of hydrogen-bond acceptors (Lipinski definition) is 0. The van der Waals surface area contributed by atoms with Gasteiger partial charge >= 0.3 is 0 Å². The fourth-order valence-corrected chi connectivity index (χ4v) is 23.2. The minimum absolute atomic E-state index is 0.468. The van der Waals surface area contributed by atoms with E-state index in [2.05, 4.69) is 544 Å². The van der Waals surface area contributed by atoms with Crippen LogP contribution in [0.5, 0.6) is 0 Å². The summed E-state index contributed by atoms with van der Waals surface area (Å²) in [6, 6.07) is 139. The molecule has 0 radical (unpaired) electrons. The van der Waals surface area contributed by atoms with Crippen LogP contribution in [0.15, 0.2) is 401 Å². The molecular formula is C138H124N4+4. The van der Waals surface area contributed by atoms with Crippen LogP contribution in [0.3, 0.4) is 0 Å². The highest BCUT2D eigenvalue weighted by Gasteiger charge is 2.36. The molecule has 0 fully saturated rings. The van der Waals surface area contributed by atoms with Gasteiger partial charge in [-0.2, -0.15) is 0 Å². The van der Waals surface area contributed by atoms with Crippen molar-refractivity contribution >= 4 is 0 Å². The van der Waals surface area contributed by atoms with E-state index in [4.69, 9.17) is 0 Å². The van der Waals surface area contributed by atoms with Crippen molar-refractivity contribution in [1.82, 2.24) is 0 Å². The SMILES string of the molecule is Cc1c[n+](C)c(-c2c(C)ccc3c2-c2ccccc2-c2ccccc2-c2ccccc2-3)cc1C(C)C.Cc1cc(-c2c(C)ccc3c2-c2ccccc2-c2ccccc2-c2ccccc2-3)[n+](C)cc1C(C)C.Cc1ccc2c(c1-c1cc(C(C)C)cc[n+]1C)-c1ccccc1-c1ccccc1-c1ccccc1-2.Cc1ccc2c(c1-c1ccc(C(C)C)c[n+]1C)-c1ccccc1-c1ccccc1-c1ccccc1-2. The lowest BCUT2D eigenvalue weighted by atomic mass is 9.78. The zero-order valence-corrected chi connectivity index (χ0v) is 85.2. The molecule has 4 aliphatic carbocycles. The highest BCUT2D eigenvalue weighted by molar-refractivity contribution is 6.12. The summed E-state index contributed by atoms with van der Waals surface area (Å²) in [4.78, 5) is 0. The zero-order valence-electron chi connectivity index (χ0n) is 85.2. The van der Waals surface area contributed by atoms with Crippen LogP contribution in [0, 0.1) is 41.5 Å². The largest absolute Gasteiger partial charge is 0.213 e. The van der Waals surface area contributed by atoms with Crippen molar-refractivity contribution in [2.75, 3.05) is 0 Å². The van der Waals surface area contributed by atoms with E-state index in [1.165, 1.54) is 279 Å². The summed E-state index contributed by atoms with van der Waals surface area (Å²) in [6.45, 7) is 31.6. The van der Waals surface area contributed by atoms with Gasteiger partial charge in [0.2, 0.25) is 22.8 Å². The van der Waals surface area contributed by atoms with Gasteiger partial charge in [0.25, 0.3) is 0 Å². The summed E-state index contributed by atoms with van der Waals surface area (Å²) in [6.07, 6.45) is 9.12. The molecule has 4 heteroatoms. The van der Waals surface area contributed by atoms with Gasteiger partial charge in [-0.25, -0.2) is 18.3 Å². The smallest absolute Gasteiger partial charge is 0.201 e. The molecule has 4 aliphatic rings. The van der Waals surface area contributed by atoms with Crippen molar-refractivity contribution in [2.45, 2.75) is 121 Å². The molecule has 20 aromatic rings. The lowest BCUT2D eigenvalue weighted by Gasteiger charge is -2.25. The van der Waals surface area contributed by atoms with Gasteiger partial charge in [-0.05, 0) is 266 Å². The number of pyridine rings is 4. The van der Waals surface area contributed by atoms with Gasteiger partial charge in [-0.1, -0.05) is 395 Å². The van der Waals surface area contributed by atoms with Crippen molar-refractivity contribution < 1.29 is 18.3 Å². The van der Waals surface area contributed by atoms with Crippen LogP contribution in [-0.4, -0.2) is 0 Å². The van der Waals surface area contributed by atoms with Crippen LogP contribution in [0.2, 0.25) is 0 Å². The van der Waals surface area contributed by atoms with E-state index in [1.54, 1.807) is 0 Å². The van der Waals surface area contributed by atoms with Crippen molar-refractivity contribution in [3.05, 3.63) is 457 Å². The minimum Gasteiger partial charge on any atom is -0.201 e. The molecule has 0 saturated carbocycles. The third kappa shape index (κ3) is 16.5. The van der Waals surface area contributed by atoms with Crippen LogP contribution in [0.1, 0.15) is 135 Å². The van der Waals surface area contributed by atoms with Crippen LogP contribution in [0.25, 0.3) is 223 Å². The molecule has 0 bridgehead atoms. The third-order valence-corrected chi connectivity index (χ3v) is 30.3. The van der Waals surface area contributed by atoms with Crippen LogP contribution >= 0.6 is 0 Å². The minimum atomic E-state index is 0.468. The molecular weight excluding hydrogens is 1710 g/mol. The van der Waals surface area contributed by atoms with Gasteiger partial charge in [0.05, 0.1) is 22.3 Å². The van der Waals surface area contributed by atoms with Gasteiger partial charge in [-0.3, -0.25) is 0 Å². The van der Waals surface area contributed by atoms with Gasteiger partial charge in [-0.15, -0.1) is 0 Å². The summed E-state index contributed by atoms with van der Waals surface area (Å²) in [5, 5.41) is 0. The first-order valence-electron chi connectivity index (χ1n) is 50.7. The van der Waals surface area contributed by atoms with Crippen LogP contribution < -0.4 is 18.3 Å². The van der Waals surface area contributed by atoms with Gasteiger partial charge < -0.3 is 0 Å². The predicted octanol–water partition coefficient (Wildman–Crippen LogP) is 35.0. The molecule has 0 amide bonds. The summed E-state index contributed by atoms with van der Waals surface area (Å²) in [5.74, 6) is 1.93. The highest BCUT2D eigenvalue weighted by atomic mass is 14.9. The molecule has 4 nitrogen and oxygen atoms in total. The molecule has 142 heavy (non-hydrogen) atoms. The van der Waals surface area contributed by atoms with Crippen LogP contribution in [0.4, 0.5) is 0 Å². The molecule has 4 heterocycles. The van der Waals surface area contributed by atoms with E-state index >= 15 is 0 Å². The summed E-state index contributed by atoms with van der Waals surface area (Å²) < 4.78 is 9.21. The number of benzene rings is 16. The summed E-state index contributed by atoms with van der Waals surface area (Å²) in [5.41, 5.74) is 65.0. The molecule has 0 N–H and O–H groups in total. The lowest BCUT2D eigenvalue weighted by molar-refractivity contribution is -0.661. The van der Waals surface area contributed by atoms with Crippen LogP contribution in [-0.2, 0) is 28.2 Å². The van der Waals surface area contributed by atoms with Gasteiger partial charge in [0.15, 0.2) is 24.8 Å². The third-order valence-electron chi connectivity index (χ3n) is 30.3. The van der Waals surface area contributed by atoms with Crippen molar-refractivity contribution in [2.24, 2.45) is 28.2 Å². The molecule has 692 valence electrons. The molecule has 0 atom stereocenters. The molecule has 0 saturated heterocycles. The topological polar surface area (TPSA) is 15.5 Å². The van der Waals surface area contributed by atoms with Crippen molar-refractivity contribution in [3.8, 4) is 223 Å². The average Bonchev–Trinajstić information content (AvgIpc) is 0.742. The summed E-state index contributed by atoms with van der Waals surface area (Å²) >= 11 is 0. The van der Waals surface area contributed by atoms with E-state index in [0.29, 0.717) is 23.7 Å². The van der Waals surface area contributed by atoms with Crippen molar-refractivity contribution in [1.29, 1.82) is 0 Å². The van der Waals surface area contributed by atoms with Gasteiger partial charge in [0, 0.05) is 69.3 Å². The number of aromatic nitrogens is 4. The second-order valence-electron chi connectivity index (χ2n) is 40.6. The summed E-state index contributed by atoms with van der Waals surface area (Å²) in [7, 11) is 8.72. The molecule has 0 unspecified atom stereocenters. The maximum atomic E-state index is 2.42. The Morgan fingerprint density at radius 2 is 0.373 bits per heavy atom. The number of nitrogens with zero attached hydrogens (tertiary/aromatic N) is 4. The zero-order chi connectivity index (χ0) is 98.2.